The largest absolute Gasteiger partial charge is 0.365 e. The van der Waals surface area contributed by atoms with Crippen molar-refractivity contribution in [2.45, 2.75) is 13.1 Å². The lowest BCUT2D eigenvalue weighted by molar-refractivity contribution is -0.385. The van der Waals surface area contributed by atoms with E-state index in [1.165, 1.54) is 17.4 Å². The van der Waals surface area contributed by atoms with Gasteiger partial charge in [0.05, 0.1) is 20.8 Å². The van der Waals surface area contributed by atoms with E-state index in [1.807, 2.05) is 12.1 Å². The van der Waals surface area contributed by atoms with Crippen molar-refractivity contribution >= 4 is 44.7 Å². The fourth-order valence-electron chi connectivity index (χ4n) is 2.41. The van der Waals surface area contributed by atoms with Crippen LogP contribution in [0.25, 0.3) is 0 Å². The molecule has 0 fully saturated rings. The number of carbonyl (C=O) groups is 1. The van der Waals surface area contributed by atoms with Gasteiger partial charge in [-0.15, -0.1) is 11.3 Å². The first kappa shape index (κ1) is 20.8. The van der Waals surface area contributed by atoms with Crippen molar-refractivity contribution in [3.8, 4) is 0 Å². The van der Waals surface area contributed by atoms with E-state index in [1.54, 1.807) is 0 Å². The molecule has 2 aromatic heterocycles. The number of aromatic nitrogens is 1. The average Bonchev–Trinajstić information content (AvgIpc) is 3.12. The van der Waals surface area contributed by atoms with Gasteiger partial charge in [-0.2, -0.15) is 0 Å². The van der Waals surface area contributed by atoms with Crippen LogP contribution >= 0.6 is 27.3 Å². The molecule has 0 atom stereocenters. The maximum absolute atomic E-state index is 13.3. The third kappa shape index (κ3) is 5.33. The Balaban J connectivity index is 1.78. The van der Waals surface area contributed by atoms with Crippen LogP contribution in [0.15, 0.2) is 46.4 Å². The summed E-state index contributed by atoms with van der Waals surface area (Å²) in [5, 5.41) is 16.6. The van der Waals surface area contributed by atoms with Gasteiger partial charge in [-0.25, -0.2) is 13.8 Å². The molecule has 0 saturated heterocycles. The molecule has 0 aliphatic rings. The Morgan fingerprint density at radius 2 is 1.97 bits per heavy atom. The molecule has 0 radical (unpaired) electrons. The summed E-state index contributed by atoms with van der Waals surface area (Å²) in [5.74, 6) is -2.49. The summed E-state index contributed by atoms with van der Waals surface area (Å²) in [6.07, 6.45) is 1.05. The Morgan fingerprint density at radius 1 is 1.17 bits per heavy atom. The summed E-state index contributed by atoms with van der Waals surface area (Å²) in [5.41, 5.74) is -0.0293. The number of hydrogen-bond acceptors (Lipinski definition) is 6. The fraction of sp³-hybridized carbons (Fsp3) is 0.111. The molecule has 0 aliphatic heterocycles. The standard InChI is InChI=1S/C18H13BrF2N4O3S/c19-16-4-2-12(29-16)9-23-17-13(6-11(8-22-17)25(27)28)18(26)24-7-10-1-3-14(20)15(21)5-10/h1-6,8H,7,9H2,(H,22,23)(H,24,26). The maximum Gasteiger partial charge on any atom is 0.288 e. The zero-order valence-electron chi connectivity index (χ0n) is 14.6. The first-order valence-corrected chi connectivity index (χ1v) is 9.79. The van der Waals surface area contributed by atoms with Crippen molar-refractivity contribution in [2.24, 2.45) is 0 Å². The van der Waals surface area contributed by atoms with E-state index in [9.17, 15) is 23.7 Å². The number of nitrogens with one attached hydrogen (secondary N) is 2. The highest BCUT2D eigenvalue weighted by Gasteiger charge is 2.18. The second kappa shape index (κ2) is 9.05. The van der Waals surface area contributed by atoms with Crippen molar-refractivity contribution in [2.75, 3.05) is 5.32 Å². The lowest BCUT2D eigenvalue weighted by Gasteiger charge is -2.11. The van der Waals surface area contributed by atoms with E-state index in [2.05, 4.69) is 31.5 Å². The molecule has 0 unspecified atom stereocenters. The lowest BCUT2D eigenvalue weighted by atomic mass is 10.2. The smallest absolute Gasteiger partial charge is 0.288 e. The van der Waals surface area contributed by atoms with Gasteiger partial charge >= 0.3 is 0 Å². The number of carbonyl (C=O) groups excluding carboxylic acids is 1. The number of anilines is 1. The predicted octanol–water partition coefficient (Wildman–Crippen LogP) is 4.63. The minimum absolute atomic E-state index is 0.0302. The van der Waals surface area contributed by atoms with Crippen molar-refractivity contribution in [3.05, 3.63) is 84.1 Å². The minimum atomic E-state index is -1.03. The highest BCUT2D eigenvalue weighted by molar-refractivity contribution is 9.11. The summed E-state index contributed by atoms with van der Waals surface area (Å²) in [7, 11) is 0. The van der Waals surface area contributed by atoms with E-state index in [-0.39, 0.29) is 23.6 Å². The van der Waals surface area contributed by atoms with Crippen LogP contribution in [-0.2, 0) is 13.1 Å². The predicted molar refractivity (Wildman–Crippen MR) is 108 cm³/mol. The van der Waals surface area contributed by atoms with Gasteiger partial charge in [0, 0.05) is 17.5 Å². The van der Waals surface area contributed by atoms with Crippen molar-refractivity contribution in [1.82, 2.24) is 10.3 Å². The zero-order valence-corrected chi connectivity index (χ0v) is 17.0. The summed E-state index contributed by atoms with van der Waals surface area (Å²) in [4.78, 5) is 27.9. The van der Waals surface area contributed by atoms with Gasteiger partial charge in [-0.3, -0.25) is 14.9 Å². The zero-order chi connectivity index (χ0) is 21.0. The van der Waals surface area contributed by atoms with Crippen LogP contribution in [0.1, 0.15) is 20.8 Å². The van der Waals surface area contributed by atoms with E-state index in [0.29, 0.717) is 12.1 Å². The highest BCUT2D eigenvalue weighted by Crippen LogP contribution is 2.24. The van der Waals surface area contributed by atoms with Gasteiger partial charge in [0.1, 0.15) is 12.0 Å². The SMILES string of the molecule is O=C(NCc1ccc(F)c(F)c1)c1cc([N+](=O)[O-])cnc1NCc1ccc(Br)s1. The number of thiophene rings is 1. The first-order chi connectivity index (χ1) is 13.8. The number of pyridine rings is 1. The third-order valence-corrected chi connectivity index (χ3v) is 5.45. The maximum atomic E-state index is 13.3. The summed E-state index contributed by atoms with van der Waals surface area (Å²) in [6.45, 7) is 0.278. The Kier molecular flexibility index (Phi) is 6.49. The molecule has 29 heavy (non-hydrogen) atoms. The van der Waals surface area contributed by atoms with Crippen LogP contribution in [0.2, 0.25) is 0 Å². The average molecular weight is 483 g/mol. The van der Waals surface area contributed by atoms with Crippen molar-refractivity contribution in [1.29, 1.82) is 0 Å². The Morgan fingerprint density at radius 3 is 2.62 bits per heavy atom. The van der Waals surface area contributed by atoms with Crippen LogP contribution in [0.5, 0.6) is 0 Å². The molecule has 1 amide bonds. The molecule has 2 N–H and O–H groups in total. The number of halogens is 3. The summed E-state index contributed by atoms with van der Waals surface area (Å²) < 4.78 is 27.3. The van der Waals surface area contributed by atoms with Gasteiger partial charge in [0.15, 0.2) is 11.6 Å². The lowest BCUT2D eigenvalue weighted by Crippen LogP contribution is -2.24. The molecule has 0 spiro atoms. The van der Waals surface area contributed by atoms with Crippen LogP contribution in [0, 0.1) is 21.7 Å². The van der Waals surface area contributed by atoms with Gasteiger partial charge < -0.3 is 10.6 Å². The van der Waals surface area contributed by atoms with E-state index < -0.39 is 22.5 Å². The van der Waals surface area contributed by atoms with Gasteiger partial charge in [0.2, 0.25) is 0 Å². The molecule has 0 saturated carbocycles. The molecule has 0 aliphatic carbocycles. The summed E-state index contributed by atoms with van der Waals surface area (Å²) in [6, 6.07) is 8.13. The topological polar surface area (TPSA) is 97.2 Å². The molecule has 0 bridgehead atoms. The Labute approximate surface area is 176 Å². The van der Waals surface area contributed by atoms with Gasteiger partial charge in [-0.1, -0.05) is 6.07 Å². The molecule has 150 valence electrons. The number of hydrogen-bond donors (Lipinski definition) is 2. The Hall–Kier alpha value is -2.92. The van der Waals surface area contributed by atoms with Crippen LogP contribution in [0.3, 0.4) is 0 Å². The summed E-state index contributed by atoms with van der Waals surface area (Å²) >= 11 is 4.85. The molecular weight excluding hydrogens is 470 g/mol. The molecule has 3 aromatic rings. The fourth-order valence-corrected chi connectivity index (χ4v) is 3.84. The van der Waals surface area contributed by atoms with Crippen LogP contribution < -0.4 is 10.6 Å². The quantitative estimate of drug-likeness (QED) is 0.377. The molecule has 1 aromatic carbocycles. The van der Waals surface area contributed by atoms with E-state index in [0.717, 1.165) is 33.1 Å². The van der Waals surface area contributed by atoms with Gasteiger partial charge in [-0.05, 0) is 45.8 Å². The minimum Gasteiger partial charge on any atom is -0.365 e. The number of rotatable bonds is 7. The second-order valence-electron chi connectivity index (χ2n) is 5.84. The number of benzene rings is 1. The second-order valence-corrected chi connectivity index (χ2v) is 8.38. The molecule has 11 heteroatoms. The van der Waals surface area contributed by atoms with Crippen molar-refractivity contribution in [3.63, 3.8) is 0 Å². The molecule has 2 heterocycles. The van der Waals surface area contributed by atoms with E-state index in [4.69, 9.17) is 0 Å². The highest BCUT2D eigenvalue weighted by atomic mass is 79.9. The van der Waals surface area contributed by atoms with Crippen LogP contribution in [0.4, 0.5) is 20.3 Å². The van der Waals surface area contributed by atoms with Gasteiger partial charge in [0.25, 0.3) is 11.6 Å². The first-order valence-electron chi connectivity index (χ1n) is 8.18. The number of nitro groups is 1. The monoisotopic (exact) mass is 482 g/mol. The van der Waals surface area contributed by atoms with Crippen LogP contribution in [-0.4, -0.2) is 15.8 Å². The molecule has 3 rings (SSSR count). The molecule has 7 nitrogen and oxygen atoms in total. The Bertz CT molecular complexity index is 1080. The normalized spacial score (nSPS) is 10.6. The van der Waals surface area contributed by atoms with Crippen molar-refractivity contribution < 1.29 is 18.5 Å². The van der Waals surface area contributed by atoms with E-state index >= 15 is 0 Å². The number of amides is 1. The molecular formula is C18H13BrF2N4O3S. The number of nitrogens with zero attached hydrogens (tertiary/aromatic N) is 2. The third-order valence-electron chi connectivity index (χ3n) is 3.82.